The molecule has 0 aliphatic carbocycles. The highest BCUT2D eigenvalue weighted by molar-refractivity contribution is 5.67. The second-order valence-electron chi connectivity index (χ2n) is 4.03. The van der Waals surface area contributed by atoms with Crippen molar-refractivity contribution in [1.82, 2.24) is 5.32 Å². The lowest BCUT2D eigenvalue weighted by Crippen LogP contribution is -2.29. The molecule has 0 bridgehead atoms. The normalized spacial score (nSPS) is 19.1. The molecule has 0 amide bonds. The molecule has 0 aromatic heterocycles. The van der Waals surface area contributed by atoms with Gasteiger partial charge in [0.15, 0.2) is 0 Å². The second kappa shape index (κ2) is 6.79. The summed E-state index contributed by atoms with van der Waals surface area (Å²) in [6, 6.07) is 1.25. The van der Waals surface area contributed by atoms with Crippen molar-refractivity contribution in [3.63, 3.8) is 0 Å². The van der Waals surface area contributed by atoms with Gasteiger partial charge in [-0.05, 0) is 0 Å². The molecule has 1 aliphatic rings. The number of epoxide rings is 1. The molecule has 2 N–H and O–H groups in total. The zero-order chi connectivity index (χ0) is 11.1. The first-order chi connectivity index (χ1) is 6.41. The van der Waals surface area contributed by atoms with Crippen LogP contribution in [0.1, 0.15) is 34.1 Å². The third kappa shape index (κ3) is 11.4. The van der Waals surface area contributed by atoms with E-state index in [1.54, 1.807) is 0 Å². The summed E-state index contributed by atoms with van der Waals surface area (Å²) in [5.41, 5.74) is 0. The van der Waals surface area contributed by atoms with Crippen molar-refractivity contribution in [2.75, 3.05) is 6.61 Å². The molecule has 4 nitrogen and oxygen atoms in total. The minimum atomic E-state index is -0.775. The van der Waals surface area contributed by atoms with Crippen LogP contribution in [0.2, 0.25) is 0 Å². The Kier molecular flexibility index (Phi) is 6.49. The lowest BCUT2D eigenvalue weighted by molar-refractivity contribution is -0.137. The molecule has 0 aromatic rings. The molecule has 14 heavy (non-hydrogen) atoms. The van der Waals surface area contributed by atoms with E-state index in [1.807, 2.05) is 0 Å². The third-order valence-corrected chi connectivity index (χ3v) is 1.47. The largest absolute Gasteiger partial charge is 0.481 e. The molecular formula is C10H21NO3. The highest BCUT2D eigenvalue weighted by Crippen LogP contribution is 2.12. The first-order valence-corrected chi connectivity index (χ1v) is 5.01. The molecule has 1 atom stereocenters. The summed E-state index contributed by atoms with van der Waals surface area (Å²) in [6.07, 6.45) is 0.192. The molecule has 84 valence electrons. The Morgan fingerprint density at radius 1 is 1.43 bits per heavy atom. The molecule has 1 fully saturated rings. The Morgan fingerprint density at radius 3 is 1.93 bits per heavy atom. The van der Waals surface area contributed by atoms with Gasteiger partial charge in [0.2, 0.25) is 0 Å². The molecule has 1 heterocycles. The summed E-state index contributed by atoms with van der Waals surface area (Å²) in [5, 5.41) is 11.3. The van der Waals surface area contributed by atoms with Crippen LogP contribution in [0.5, 0.6) is 0 Å². The first-order valence-electron chi connectivity index (χ1n) is 5.01. The van der Waals surface area contributed by atoms with E-state index in [-0.39, 0.29) is 12.5 Å². The van der Waals surface area contributed by atoms with Crippen molar-refractivity contribution in [3.05, 3.63) is 0 Å². The van der Waals surface area contributed by atoms with Crippen molar-refractivity contribution in [2.45, 2.75) is 52.3 Å². The van der Waals surface area contributed by atoms with Gasteiger partial charge in [-0.2, -0.15) is 0 Å². The van der Waals surface area contributed by atoms with Gasteiger partial charge >= 0.3 is 5.97 Å². The van der Waals surface area contributed by atoms with Gasteiger partial charge in [0.1, 0.15) is 0 Å². The summed E-state index contributed by atoms with van der Waals surface area (Å²) < 4.78 is 4.64. The van der Waals surface area contributed by atoms with Gasteiger partial charge in [-0.15, -0.1) is 0 Å². The van der Waals surface area contributed by atoms with Crippen LogP contribution in [0, 0.1) is 0 Å². The number of hydrogen-bond acceptors (Lipinski definition) is 3. The fourth-order valence-corrected chi connectivity index (χ4v) is 1.05. The van der Waals surface area contributed by atoms with Crippen molar-refractivity contribution in [3.8, 4) is 0 Å². The maximum atomic E-state index is 9.77. The summed E-state index contributed by atoms with van der Waals surface area (Å²) in [7, 11) is 0. The zero-order valence-corrected chi connectivity index (χ0v) is 9.41. The molecule has 0 spiro atoms. The topological polar surface area (TPSA) is 61.9 Å². The molecule has 4 heteroatoms. The maximum absolute atomic E-state index is 9.77. The average molecular weight is 203 g/mol. The van der Waals surface area contributed by atoms with Gasteiger partial charge in [-0.25, -0.2) is 0 Å². The van der Waals surface area contributed by atoms with Gasteiger partial charge in [-0.1, -0.05) is 27.7 Å². The van der Waals surface area contributed by atoms with Crippen LogP contribution in [-0.4, -0.2) is 35.9 Å². The van der Waals surface area contributed by atoms with Gasteiger partial charge in [0.05, 0.1) is 19.1 Å². The molecule has 1 aliphatic heterocycles. The van der Waals surface area contributed by atoms with E-state index in [4.69, 9.17) is 5.11 Å². The Bertz CT molecular complexity index is 159. The predicted octanol–water partition coefficient (Wildman–Crippen LogP) is 1.25. The van der Waals surface area contributed by atoms with Crippen molar-refractivity contribution >= 4 is 5.97 Å². The number of carbonyl (C=O) groups is 1. The molecule has 0 saturated carbocycles. The number of ether oxygens (including phenoxy) is 1. The number of aliphatic carboxylic acids is 1. The summed E-state index contributed by atoms with van der Waals surface area (Å²) >= 11 is 0. The first kappa shape index (κ1) is 13.4. The van der Waals surface area contributed by atoms with Crippen LogP contribution < -0.4 is 5.32 Å². The maximum Gasteiger partial charge on any atom is 0.306 e. The Morgan fingerprint density at radius 2 is 1.86 bits per heavy atom. The van der Waals surface area contributed by atoms with Crippen LogP contribution in [0.25, 0.3) is 0 Å². The zero-order valence-electron chi connectivity index (χ0n) is 9.41. The van der Waals surface area contributed by atoms with Crippen molar-refractivity contribution in [2.24, 2.45) is 0 Å². The SMILES string of the molecule is CC(C)NC(C)C.O=C(O)C[C@H]1CO1. The quantitative estimate of drug-likeness (QED) is 0.675. The fraction of sp³-hybridized carbons (Fsp3) is 0.900. The Balaban J connectivity index is 0.000000241. The monoisotopic (exact) mass is 203 g/mol. The molecule has 1 rings (SSSR count). The fourth-order valence-electron chi connectivity index (χ4n) is 1.05. The molecular weight excluding hydrogens is 182 g/mol. The highest BCUT2D eigenvalue weighted by atomic mass is 16.6. The molecule has 0 aromatic carbocycles. The third-order valence-electron chi connectivity index (χ3n) is 1.47. The average Bonchev–Trinajstić information content (AvgIpc) is 2.67. The standard InChI is InChI=1S/C6H15N.C4H6O3/c1-5(2)7-6(3)4;5-4(6)1-3-2-7-3/h5-7H,1-4H3;3H,1-2H2,(H,5,6)/t;3-/m.0/s1. The van der Waals surface area contributed by atoms with Crippen molar-refractivity contribution in [1.29, 1.82) is 0 Å². The van der Waals surface area contributed by atoms with Gasteiger partial charge < -0.3 is 15.2 Å². The van der Waals surface area contributed by atoms with Crippen LogP contribution >= 0.6 is 0 Å². The molecule has 0 radical (unpaired) electrons. The number of rotatable bonds is 4. The summed E-state index contributed by atoms with van der Waals surface area (Å²) in [5.74, 6) is -0.775. The van der Waals surface area contributed by atoms with Gasteiger partial charge in [0, 0.05) is 12.1 Å². The van der Waals surface area contributed by atoms with Crippen molar-refractivity contribution < 1.29 is 14.6 Å². The lowest BCUT2D eigenvalue weighted by Gasteiger charge is -2.10. The minimum Gasteiger partial charge on any atom is -0.481 e. The van der Waals surface area contributed by atoms with Crippen LogP contribution in [0.3, 0.4) is 0 Å². The van der Waals surface area contributed by atoms with Crippen LogP contribution in [0.4, 0.5) is 0 Å². The van der Waals surface area contributed by atoms with E-state index in [9.17, 15) is 4.79 Å². The number of carboxylic acid groups (broad SMARTS) is 1. The Hall–Kier alpha value is -0.610. The lowest BCUT2D eigenvalue weighted by atomic mass is 10.3. The van der Waals surface area contributed by atoms with E-state index in [0.29, 0.717) is 18.7 Å². The van der Waals surface area contributed by atoms with E-state index in [1.165, 1.54) is 0 Å². The smallest absolute Gasteiger partial charge is 0.306 e. The minimum absolute atomic E-state index is 0.0255. The summed E-state index contributed by atoms with van der Waals surface area (Å²) in [6.45, 7) is 9.24. The molecule has 0 unspecified atom stereocenters. The van der Waals surface area contributed by atoms with Gasteiger partial charge in [-0.3, -0.25) is 4.79 Å². The summed E-state index contributed by atoms with van der Waals surface area (Å²) in [4.78, 5) is 9.77. The van der Waals surface area contributed by atoms with Crippen LogP contribution in [-0.2, 0) is 9.53 Å². The number of nitrogens with one attached hydrogen (secondary N) is 1. The number of hydrogen-bond donors (Lipinski definition) is 2. The Labute approximate surface area is 85.6 Å². The highest BCUT2D eigenvalue weighted by Gasteiger charge is 2.24. The molecule has 1 saturated heterocycles. The predicted molar refractivity (Wildman–Crippen MR) is 55.4 cm³/mol. The van der Waals surface area contributed by atoms with E-state index < -0.39 is 5.97 Å². The number of carboxylic acids is 1. The van der Waals surface area contributed by atoms with E-state index in [2.05, 4.69) is 37.7 Å². The second-order valence-corrected chi connectivity index (χ2v) is 4.03. The van der Waals surface area contributed by atoms with Crippen LogP contribution in [0.15, 0.2) is 0 Å². The van der Waals surface area contributed by atoms with E-state index in [0.717, 1.165) is 0 Å². The van der Waals surface area contributed by atoms with Gasteiger partial charge in [0.25, 0.3) is 0 Å². The van der Waals surface area contributed by atoms with E-state index >= 15 is 0 Å².